The molecule has 0 bridgehead atoms. The summed E-state index contributed by atoms with van der Waals surface area (Å²) in [6, 6.07) is 2.60. The second-order valence-corrected chi connectivity index (χ2v) is 3.22. The van der Waals surface area contributed by atoms with Gasteiger partial charge in [-0.3, -0.25) is 9.17 Å². The number of hydrogen-bond acceptors (Lipinski definition) is 4. The zero-order valence-electron chi connectivity index (χ0n) is 5.87. The lowest BCUT2D eigenvalue weighted by atomic mass is 10.2. The van der Waals surface area contributed by atoms with Gasteiger partial charge in [-0.1, -0.05) is 11.5 Å². The highest BCUT2D eigenvalue weighted by atomic mass is 32.1. The van der Waals surface area contributed by atoms with Crippen LogP contribution in [0.15, 0.2) is 16.9 Å². The van der Waals surface area contributed by atoms with Crippen LogP contribution >= 0.6 is 11.5 Å². The molecule has 0 spiro atoms. The first kappa shape index (κ1) is 7.17. The number of nitrogens with one attached hydrogen (secondary N) is 1. The average Bonchev–Trinajstić information content (AvgIpc) is 2.35. The Balaban J connectivity index is 2.97. The molecule has 0 fully saturated rings. The van der Waals surface area contributed by atoms with E-state index in [4.69, 9.17) is 10.2 Å². The van der Waals surface area contributed by atoms with Crippen LogP contribution in [0, 0.1) is 0 Å². The maximum atomic E-state index is 11.0. The van der Waals surface area contributed by atoms with Crippen molar-refractivity contribution in [2.75, 3.05) is 0 Å². The maximum Gasteiger partial charge on any atom is 0.266 e. The average molecular weight is 183 g/mol. The van der Waals surface area contributed by atoms with Gasteiger partial charge in [0.15, 0.2) is 11.5 Å². The molecular weight excluding hydrogens is 178 g/mol. The highest BCUT2D eigenvalue weighted by Gasteiger charge is 2.06. The Labute approximate surface area is 70.9 Å². The number of rotatable bonds is 0. The molecular formula is C7H5NO3S. The van der Waals surface area contributed by atoms with E-state index in [0.29, 0.717) is 10.1 Å². The molecule has 4 nitrogen and oxygen atoms in total. The lowest BCUT2D eigenvalue weighted by Gasteiger charge is -1.94. The third kappa shape index (κ3) is 0.868. The molecule has 5 heteroatoms. The Bertz CT molecular complexity index is 485. The molecule has 12 heavy (non-hydrogen) atoms. The van der Waals surface area contributed by atoms with Crippen molar-refractivity contribution < 1.29 is 10.2 Å². The molecule has 0 aliphatic rings. The Morgan fingerprint density at radius 2 is 1.92 bits per heavy atom. The van der Waals surface area contributed by atoms with E-state index >= 15 is 0 Å². The van der Waals surface area contributed by atoms with E-state index in [0.717, 1.165) is 11.5 Å². The molecule has 1 aromatic carbocycles. The van der Waals surface area contributed by atoms with Crippen LogP contribution in [0.25, 0.3) is 10.1 Å². The minimum absolute atomic E-state index is 0.210. The fraction of sp³-hybridized carbons (Fsp3) is 0. The minimum Gasteiger partial charge on any atom is -0.504 e. The number of phenolic OH excluding ortho intramolecular Hbond substituents is 2. The van der Waals surface area contributed by atoms with Gasteiger partial charge in [-0.25, -0.2) is 0 Å². The SMILES string of the molecule is O=c1[nH]sc2cc(O)c(O)cc12. The van der Waals surface area contributed by atoms with Gasteiger partial charge in [0.05, 0.1) is 10.1 Å². The number of aromatic amines is 1. The Kier molecular flexibility index (Phi) is 1.34. The third-order valence-corrected chi connectivity index (χ3v) is 2.42. The molecule has 0 aliphatic heterocycles. The lowest BCUT2D eigenvalue weighted by Crippen LogP contribution is -1.95. The van der Waals surface area contributed by atoms with Crippen LogP contribution in [-0.2, 0) is 0 Å². The molecule has 0 amide bonds. The summed E-state index contributed by atoms with van der Waals surface area (Å²) in [5.41, 5.74) is -0.245. The molecule has 0 radical (unpaired) electrons. The van der Waals surface area contributed by atoms with Crippen molar-refractivity contribution in [2.24, 2.45) is 0 Å². The van der Waals surface area contributed by atoms with Crippen molar-refractivity contribution in [1.29, 1.82) is 0 Å². The van der Waals surface area contributed by atoms with Gasteiger partial charge in [0.25, 0.3) is 5.56 Å². The maximum absolute atomic E-state index is 11.0. The zero-order chi connectivity index (χ0) is 8.72. The topological polar surface area (TPSA) is 73.3 Å². The number of hydrogen-bond donors (Lipinski definition) is 3. The predicted octanol–water partition coefficient (Wildman–Crippen LogP) is 1.00. The van der Waals surface area contributed by atoms with Crippen LogP contribution < -0.4 is 5.56 Å². The van der Waals surface area contributed by atoms with E-state index in [-0.39, 0.29) is 17.1 Å². The van der Waals surface area contributed by atoms with Gasteiger partial charge >= 0.3 is 0 Å². The number of aromatic hydroxyl groups is 2. The first-order chi connectivity index (χ1) is 5.68. The third-order valence-electron chi connectivity index (χ3n) is 1.58. The summed E-state index contributed by atoms with van der Waals surface area (Å²) in [5.74, 6) is -0.482. The zero-order valence-corrected chi connectivity index (χ0v) is 6.68. The molecule has 2 aromatic rings. The van der Waals surface area contributed by atoms with Gasteiger partial charge in [0, 0.05) is 6.07 Å². The fourth-order valence-electron chi connectivity index (χ4n) is 0.976. The molecule has 3 N–H and O–H groups in total. The summed E-state index contributed by atoms with van der Waals surface area (Å²) >= 11 is 1.13. The van der Waals surface area contributed by atoms with Crippen LogP contribution in [0.2, 0.25) is 0 Å². The molecule has 62 valence electrons. The number of benzene rings is 1. The quantitative estimate of drug-likeness (QED) is 0.533. The van der Waals surface area contributed by atoms with Crippen LogP contribution in [0.1, 0.15) is 0 Å². The molecule has 1 heterocycles. The summed E-state index contributed by atoms with van der Waals surface area (Å²) in [6.45, 7) is 0. The van der Waals surface area contributed by atoms with Crippen molar-refractivity contribution in [3.8, 4) is 11.5 Å². The van der Waals surface area contributed by atoms with E-state index < -0.39 is 0 Å². The minimum atomic E-state index is -0.272. The molecule has 1 aromatic heterocycles. The summed E-state index contributed by atoms with van der Waals surface area (Å²) in [6.07, 6.45) is 0. The smallest absolute Gasteiger partial charge is 0.266 e. The highest BCUT2D eigenvalue weighted by Crippen LogP contribution is 2.29. The number of fused-ring (bicyclic) bond motifs is 1. The monoisotopic (exact) mass is 183 g/mol. The molecule has 2 rings (SSSR count). The van der Waals surface area contributed by atoms with E-state index in [2.05, 4.69) is 4.37 Å². The Morgan fingerprint density at radius 1 is 1.25 bits per heavy atom. The van der Waals surface area contributed by atoms with Gasteiger partial charge in [0.1, 0.15) is 0 Å². The summed E-state index contributed by atoms with van der Waals surface area (Å²) in [4.78, 5) is 11.0. The first-order valence-electron chi connectivity index (χ1n) is 3.21. The van der Waals surface area contributed by atoms with Crippen LogP contribution in [0.4, 0.5) is 0 Å². The first-order valence-corrected chi connectivity index (χ1v) is 4.03. The van der Waals surface area contributed by atoms with Crippen LogP contribution in [0.5, 0.6) is 11.5 Å². The van der Waals surface area contributed by atoms with Crippen molar-refractivity contribution in [3.63, 3.8) is 0 Å². The van der Waals surface area contributed by atoms with Gasteiger partial charge in [-0.2, -0.15) is 0 Å². The van der Waals surface area contributed by atoms with Crippen LogP contribution in [-0.4, -0.2) is 14.6 Å². The molecule has 0 saturated carbocycles. The van der Waals surface area contributed by atoms with Gasteiger partial charge in [-0.15, -0.1) is 0 Å². The number of phenols is 2. The molecule has 0 saturated heterocycles. The Morgan fingerprint density at radius 3 is 2.67 bits per heavy atom. The van der Waals surface area contributed by atoms with Crippen molar-refractivity contribution in [1.82, 2.24) is 4.37 Å². The van der Waals surface area contributed by atoms with Gasteiger partial charge in [-0.05, 0) is 6.07 Å². The summed E-state index contributed by atoms with van der Waals surface area (Å²) < 4.78 is 3.13. The summed E-state index contributed by atoms with van der Waals surface area (Å²) in [7, 11) is 0. The normalized spacial score (nSPS) is 10.7. The predicted molar refractivity (Wildman–Crippen MR) is 45.8 cm³/mol. The standard InChI is InChI=1S/C7H5NO3S/c9-4-1-3-6(2-5(4)10)12-8-7(3)11/h1-2,9-10H,(H,8,11). The lowest BCUT2D eigenvalue weighted by molar-refractivity contribution is 0.405. The van der Waals surface area contributed by atoms with Crippen molar-refractivity contribution in [3.05, 3.63) is 22.5 Å². The molecule has 0 atom stereocenters. The molecule has 0 aliphatic carbocycles. The van der Waals surface area contributed by atoms with E-state index in [1.807, 2.05) is 0 Å². The van der Waals surface area contributed by atoms with Gasteiger partial charge < -0.3 is 10.2 Å². The van der Waals surface area contributed by atoms with Crippen molar-refractivity contribution in [2.45, 2.75) is 0 Å². The fourth-order valence-corrected chi connectivity index (χ4v) is 1.72. The Hall–Kier alpha value is -1.49. The summed E-state index contributed by atoms with van der Waals surface area (Å²) in [5, 5.41) is 18.5. The van der Waals surface area contributed by atoms with Crippen molar-refractivity contribution >= 4 is 21.6 Å². The largest absolute Gasteiger partial charge is 0.504 e. The van der Waals surface area contributed by atoms with Gasteiger partial charge in [0.2, 0.25) is 0 Å². The highest BCUT2D eigenvalue weighted by molar-refractivity contribution is 7.13. The van der Waals surface area contributed by atoms with E-state index in [1.54, 1.807) is 0 Å². The van der Waals surface area contributed by atoms with E-state index in [1.165, 1.54) is 12.1 Å². The second kappa shape index (κ2) is 2.25. The van der Waals surface area contributed by atoms with Crippen LogP contribution in [0.3, 0.4) is 0 Å². The number of aromatic nitrogens is 1. The second-order valence-electron chi connectivity index (χ2n) is 2.37. The molecule has 0 unspecified atom stereocenters. The number of H-pyrrole nitrogens is 1. The van der Waals surface area contributed by atoms with E-state index in [9.17, 15) is 4.79 Å².